The van der Waals surface area contributed by atoms with E-state index in [1.807, 2.05) is 20.8 Å². The van der Waals surface area contributed by atoms with E-state index in [4.69, 9.17) is 33.7 Å². The monoisotopic (exact) mass is 403 g/mol. The Morgan fingerprint density at radius 2 is 2.00 bits per heavy atom. The Hall–Kier alpha value is -2.42. The van der Waals surface area contributed by atoms with Gasteiger partial charge in [-0.1, -0.05) is 43.1 Å². The van der Waals surface area contributed by atoms with Crippen LogP contribution < -0.4 is 16.0 Å². The van der Waals surface area contributed by atoms with Gasteiger partial charge in [0.25, 0.3) is 5.56 Å². The Morgan fingerprint density at radius 1 is 1.30 bits per heavy atom. The van der Waals surface area contributed by atoms with Gasteiger partial charge in [0.1, 0.15) is 17.4 Å². The zero-order chi connectivity index (χ0) is 19.9. The van der Waals surface area contributed by atoms with Crippen molar-refractivity contribution in [1.29, 1.82) is 5.26 Å². The molecule has 1 aliphatic rings. The van der Waals surface area contributed by atoms with Gasteiger partial charge in [-0.05, 0) is 30.5 Å². The lowest BCUT2D eigenvalue weighted by Gasteiger charge is -2.27. The van der Waals surface area contributed by atoms with E-state index in [1.165, 1.54) is 0 Å². The molecule has 0 saturated carbocycles. The summed E-state index contributed by atoms with van der Waals surface area (Å²) in [6.07, 6.45) is 0. The molecule has 1 atom stereocenters. The minimum absolute atomic E-state index is 0.0125. The van der Waals surface area contributed by atoms with Crippen molar-refractivity contribution in [1.82, 2.24) is 4.57 Å². The number of halogens is 2. The second kappa shape index (κ2) is 7.30. The zero-order valence-corrected chi connectivity index (χ0v) is 16.7. The predicted molar refractivity (Wildman–Crippen MR) is 106 cm³/mol. The average molecular weight is 404 g/mol. The van der Waals surface area contributed by atoms with Crippen molar-refractivity contribution in [2.75, 3.05) is 0 Å². The molecule has 1 aromatic carbocycles. The molecule has 140 valence electrons. The van der Waals surface area contributed by atoms with Crippen LogP contribution in [0, 0.1) is 24.2 Å². The lowest BCUT2D eigenvalue weighted by atomic mass is 9.84. The molecule has 0 unspecified atom stereocenters. The Morgan fingerprint density at radius 3 is 2.59 bits per heavy atom. The van der Waals surface area contributed by atoms with Crippen LogP contribution in [0.25, 0.3) is 0 Å². The summed E-state index contributed by atoms with van der Waals surface area (Å²) in [4.78, 5) is 13.3. The number of nitrogens with two attached hydrogens (primary N) is 1. The summed E-state index contributed by atoms with van der Waals surface area (Å²) < 4.78 is 7.33. The first-order valence-corrected chi connectivity index (χ1v) is 9.27. The van der Waals surface area contributed by atoms with Crippen LogP contribution >= 0.6 is 23.2 Å². The molecule has 3 rings (SSSR count). The first kappa shape index (κ1) is 19.3. The average Bonchev–Trinajstić information content (AvgIpc) is 2.59. The normalized spacial score (nSPS) is 16.1. The highest BCUT2D eigenvalue weighted by molar-refractivity contribution is 6.42. The molecule has 2 heterocycles. The molecule has 27 heavy (non-hydrogen) atoms. The summed E-state index contributed by atoms with van der Waals surface area (Å²) in [6, 6.07) is 8.90. The topological polar surface area (TPSA) is 81.0 Å². The summed E-state index contributed by atoms with van der Waals surface area (Å²) in [5.74, 6) is -0.0324. The molecule has 5 nitrogen and oxygen atoms in total. The van der Waals surface area contributed by atoms with Gasteiger partial charge in [0.05, 0.1) is 21.5 Å². The first-order chi connectivity index (χ1) is 12.7. The molecule has 0 radical (unpaired) electrons. The van der Waals surface area contributed by atoms with Crippen LogP contribution in [-0.2, 0) is 6.54 Å². The Labute approximate surface area is 167 Å². The predicted octanol–water partition coefficient (Wildman–Crippen LogP) is 4.34. The highest BCUT2D eigenvalue weighted by Gasteiger charge is 2.34. The fraction of sp³-hybridized carbons (Fsp3) is 0.300. The standard InChI is InChI=1S/C20H19Cl2N3O2/c1-10(2)9-25-11(3)6-16-18(20(25)26)17(13(8-23)19(24)27-16)12-4-5-14(21)15(22)7-12/h4-7,10,17H,9,24H2,1-3H3/t17-/m0/s1. The molecule has 0 fully saturated rings. The number of aryl methyl sites for hydroxylation is 1. The summed E-state index contributed by atoms with van der Waals surface area (Å²) in [5, 5.41) is 10.4. The third-order valence-electron chi connectivity index (χ3n) is 4.51. The smallest absolute Gasteiger partial charge is 0.258 e. The molecule has 1 aromatic heterocycles. The first-order valence-electron chi connectivity index (χ1n) is 8.51. The van der Waals surface area contributed by atoms with Gasteiger partial charge in [-0.15, -0.1) is 0 Å². The summed E-state index contributed by atoms with van der Waals surface area (Å²) in [6.45, 7) is 6.49. The van der Waals surface area contributed by atoms with Gasteiger partial charge in [0.2, 0.25) is 5.88 Å². The number of nitriles is 1. The van der Waals surface area contributed by atoms with Crippen molar-refractivity contribution >= 4 is 23.2 Å². The molecule has 7 heteroatoms. The molecule has 2 aromatic rings. The quantitative estimate of drug-likeness (QED) is 0.825. The van der Waals surface area contributed by atoms with Gasteiger partial charge in [0, 0.05) is 18.3 Å². The van der Waals surface area contributed by atoms with Crippen LogP contribution in [0.3, 0.4) is 0 Å². The largest absolute Gasteiger partial charge is 0.440 e. The number of fused-ring (bicyclic) bond motifs is 1. The Bertz CT molecular complexity index is 1050. The molecule has 0 aliphatic carbocycles. The number of pyridine rings is 1. The van der Waals surface area contributed by atoms with Crippen LogP contribution in [0.15, 0.2) is 40.5 Å². The van der Waals surface area contributed by atoms with Crippen molar-refractivity contribution in [3.05, 3.63) is 72.9 Å². The summed E-state index contributed by atoms with van der Waals surface area (Å²) in [7, 11) is 0. The second-order valence-electron chi connectivity index (χ2n) is 6.97. The molecule has 0 spiro atoms. The van der Waals surface area contributed by atoms with E-state index >= 15 is 0 Å². The number of ether oxygens (including phenoxy) is 1. The van der Waals surface area contributed by atoms with E-state index in [9.17, 15) is 10.1 Å². The number of benzene rings is 1. The SMILES string of the molecule is Cc1cc2c(c(=O)n1CC(C)C)[C@@H](c1ccc(Cl)c(Cl)c1)C(C#N)=C(N)O2. The fourth-order valence-electron chi connectivity index (χ4n) is 3.30. The van der Waals surface area contributed by atoms with E-state index in [2.05, 4.69) is 6.07 Å². The van der Waals surface area contributed by atoms with Gasteiger partial charge in [-0.25, -0.2) is 0 Å². The van der Waals surface area contributed by atoms with Crippen molar-refractivity contribution in [2.24, 2.45) is 11.7 Å². The molecular formula is C20H19Cl2N3O2. The van der Waals surface area contributed by atoms with Gasteiger partial charge in [-0.3, -0.25) is 4.79 Å². The summed E-state index contributed by atoms with van der Waals surface area (Å²) >= 11 is 12.2. The molecule has 0 bridgehead atoms. The van der Waals surface area contributed by atoms with Crippen molar-refractivity contribution in [3.63, 3.8) is 0 Å². The van der Waals surface area contributed by atoms with E-state index in [-0.39, 0.29) is 22.9 Å². The van der Waals surface area contributed by atoms with Crippen molar-refractivity contribution in [3.8, 4) is 11.8 Å². The summed E-state index contributed by atoms with van der Waals surface area (Å²) in [5.41, 5.74) is 7.78. The lowest BCUT2D eigenvalue weighted by Crippen LogP contribution is -2.33. The van der Waals surface area contributed by atoms with Crippen LogP contribution in [0.4, 0.5) is 0 Å². The number of hydrogen-bond donors (Lipinski definition) is 1. The number of hydrogen-bond acceptors (Lipinski definition) is 4. The highest BCUT2D eigenvalue weighted by Crippen LogP contribution is 2.41. The second-order valence-corrected chi connectivity index (χ2v) is 7.79. The van der Waals surface area contributed by atoms with Crippen molar-refractivity contribution < 1.29 is 4.74 Å². The number of rotatable bonds is 3. The maximum atomic E-state index is 13.3. The maximum absolute atomic E-state index is 13.3. The molecular weight excluding hydrogens is 385 g/mol. The maximum Gasteiger partial charge on any atom is 0.258 e. The molecule has 1 aliphatic heterocycles. The lowest BCUT2D eigenvalue weighted by molar-refractivity contribution is 0.386. The van der Waals surface area contributed by atoms with Crippen LogP contribution in [0.1, 0.15) is 36.6 Å². The van der Waals surface area contributed by atoms with Crippen LogP contribution in [0.5, 0.6) is 5.75 Å². The van der Waals surface area contributed by atoms with Crippen LogP contribution in [-0.4, -0.2) is 4.57 Å². The van der Waals surface area contributed by atoms with Gasteiger partial charge >= 0.3 is 0 Å². The van der Waals surface area contributed by atoms with E-state index in [1.54, 1.807) is 28.8 Å². The third-order valence-corrected chi connectivity index (χ3v) is 5.25. The zero-order valence-electron chi connectivity index (χ0n) is 15.2. The highest BCUT2D eigenvalue weighted by atomic mass is 35.5. The van der Waals surface area contributed by atoms with Gasteiger partial charge in [-0.2, -0.15) is 5.26 Å². The van der Waals surface area contributed by atoms with E-state index in [0.717, 1.165) is 5.69 Å². The van der Waals surface area contributed by atoms with E-state index < -0.39 is 5.92 Å². The minimum atomic E-state index is -0.667. The Kier molecular flexibility index (Phi) is 5.23. The van der Waals surface area contributed by atoms with Gasteiger partial charge in [0.15, 0.2) is 0 Å². The van der Waals surface area contributed by atoms with Crippen molar-refractivity contribution in [2.45, 2.75) is 33.2 Å². The Balaban J connectivity index is 2.31. The molecule has 2 N–H and O–H groups in total. The van der Waals surface area contributed by atoms with Gasteiger partial charge < -0.3 is 15.0 Å². The third kappa shape index (κ3) is 3.43. The van der Waals surface area contributed by atoms with Crippen LogP contribution in [0.2, 0.25) is 10.0 Å². The molecule has 0 amide bonds. The minimum Gasteiger partial charge on any atom is -0.440 e. The molecule has 0 saturated heterocycles. The van der Waals surface area contributed by atoms with E-state index in [0.29, 0.717) is 33.5 Å². The fourth-order valence-corrected chi connectivity index (χ4v) is 3.61. The number of nitrogens with zero attached hydrogens (tertiary/aromatic N) is 2. The number of aromatic nitrogens is 1. The number of allylic oxidation sites excluding steroid dienone is 1.